The molecule has 4 heterocycles. The molecule has 0 aromatic heterocycles. The summed E-state index contributed by atoms with van der Waals surface area (Å²) >= 11 is 25.9. The maximum Gasteiger partial charge on any atom is 0.254 e. The van der Waals surface area contributed by atoms with Gasteiger partial charge in [0, 0.05) is 109 Å². The van der Waals surface area contributed by atoms with Gasteiger partial charge in [0.1, 0.15) is 0 Å². The number of hydrogen-bond donors (Lipinski definition) is 4. The average molecular weight is 1160 g/mol. The van der Waals surface area contributed by atoms with Crippen LogP contribution in [0.2, 0.25) is 20.1 Å². The van der Waals surface area contributed by atoms with E-state index in [0.29, 0.717) is 97.0 Å². The molecule has 18 nitrogen and oxygen atoms in total. The van der Waals surface area contributed by atoms with Gasteiger partial charge < -0.3 is 68.9 Å². The number of fused-ring (bicyclic) bond motifs is 4. The molecule has 4 amide bonds. The maximum atomic E-state index is 13.4. The number of ether oxygens (including phenoxy) is 6. The number of carbonyl (C=O) groups is 4. The predicted octanol–water partition coefficient (Wildman–Crippen LogP) is 5.12. The molecule has 0 saturated carbocycles. The van der Waals surface area contributed by atoms with Crippen molar-refractivity contribution in [1.82, 2.24) is 30.2 Å². The Bertz CT molecular complexity index is 2580. The summed E-state index contributed by atoms with van der Waals surface area (Å²) in [6.07, 6.45) is -3.97. The van der Waals surface area contributed by atoms with Crippen LogP contribution in [0.15, 0.2) is 60.7 Å². The van der Waals surface area contributed by atoms with E-state index in [0.717, 1.165) is 70.7 Å². The molecular weight excluding hydrogens is 1090 g/mol. The van der Waals surface area contributed by atoms with Gasteiger partial charge in [-0.05, 0) is 95.0 Å². The van der Waals surface area contributed by atoms with Crippen molar-refractivity contribution >= 4 is 70.0 Å². The van der Waals surface area contributed by atoms with Gasteiger partial charge in [0.05, 0.1) is 79.3 Å². The fourth-order valence-electron chi connectivity index (χ4n) is 10.2. The van der Waals surface area contributed by atoms with E-state index < -0.39 is 24.0 Å². The number of hydrogen-bond acceptors (Lipinski definition) is 14. The van der Waals surface area contributed by atoms with Gasteiger partial charge in [0.25, 0.3) is 23.6 Å². The molecule has 0 saturated heterocycles. The average Bonchev–Trinajstić information content (AvgIpc) is 3.95. The molecule has 0 bridgehead atoms. The van der Waals surface area contributed by atoms with Crippen molar-refractivity contribution in [1.29, 1.82) is 0 Å². The standard InChI is InChI=1S/C56H68Cl4N6O12/c1-63-31-45(43-25-39(57)27-49(59)47(43)33-63)35-3-5-37-29-65(55(71)41(37)23-35)9-13-75-17-21-77-19-15-73-11-7-61-53(69)51(67)52(68)54(70)62-8-12-74-16-20-78-22-18-76-14-10-66-30-38-6-4-36(24-42(38)56(66)72)46-32-64(2)34-48-44(46)26-40(58)28-50(48)60/h3-6,23-28,45-46,51-52,67-68H,7-22,29-34H2,1-2H3,(H,61,69)(H,62,70). The van der Waals surface area contributed by atoms with Crippen molar-refractivity contribution in [2.24, 2.45) is 0 Å². The Hall–Kier alpha value is -4.48. The van der Waals surface area contributed by atoms with Crippen LogP contribution in [0.25, 0.3) is 0 Å². The van der Waals surface area contributed by atoms with E-state index in [9.17, 15) is 29.4 Å². The first-order chi connectivity index (χ1) is 37.7. The molecule has 4 atom stereocenters. The molecule has 4 aliphatic heterocycles. The van der Waals surface area contributed by atoms with E-state index in [-0.39, 0.29) is 76.4 Å². The molecule has 8 rings (SSSR count). The molecule has 22 heteroatoms. The molecule has 4 aliphatic rings. The smallest absolute Gasteiger partial charge is 0.254 e. The highest BCUT2D eigenvalue weighted by atomic mass is 35.5. The summed E-state index contributed by atoms with van der Waals surface area (Å²) in [5.41, 5.74) is 9.79. The van der Waals surface area contributed by atoms with Crippen molar-refractivity contribution in [3.63, 3.8) is 0 Å². The zero-order valence-electron chi connectivity index (χ0n) is 43.9. The third-order valence-corrected chi connectivity index (χ3v) is 15.4. The summed E-state index contributed by atoms with van der Waals surface area (Å²) in [6.45, 7) is 8.30. The van der Waals surface area contributed by atoms with Crippen LogP contribution < -0.4 is 10.6 Å². The van der Waals surface area contributed by atoms with E-state index in [4.69, 9.17) is 74.8 Å². The number of benzene rings is 4. The van der Waals surface area contributed by atoms with Crippen LogP contribution in [-0.2, 0) is 64.2 Å². The number of likely N-dealkylation sites (N-methyl/N-ethyl adjacent to an activating group) is 2. The molecule has 4 unspecified atom stereocenters. The number of rotatable bonds is 29. The Labute approximate surface area is 475 Å². The van der Waals surface area contributed by atoms with Crippen LogP contribution >= 0.6 is 46.4 Å². The van der Waals surface area contributed by atoms with Gasteiger partial charge in [0.2, 0.25) is 0 Å². The van der Waals surface area contributed by atoms with E-state index in [2.05, 4.69) is 46.7 Å². The minimum atomic E-state index is -1.99. The van der Waals surface area contributed by atoms with Crippen molar-refractivity contribution in [3.05, 3.63) is 136 Å². The number of aliphatic hydroxyl groups excluding tert-OH is 2. The van der Waals surface area contributed by atoms with E-state index in [1.807, 2.05) is 36.4 Å². The normalized spacial score (nSPS) is 17.9. The Morgan fingerprint density at radius 3 is 1.27 bits per heavy atom. The second-order valence-corrected chi connectivity index (χ2v) is 21.5. The Kier molecular flexibility index (Phi) is 22.0. The van der Waals surface area contributed by atoms with Crippen LogP contribution in [0.4, 0.5) is 0 Å². The zero-order chi connectivity index (χ0) is 55.3. The fraction of sp³-hybridized carbons (Fsp3) is 0.500. The van der Waals surface area contributed by atoms with E-state index in [1.54, 1.807) is 21.9 Å². The lowest BCUT2D eigenvalue weighted by Crippen LogP contribution is -2.50. The molecule has 4 aromatic carbocycles. The van der Waals surface area contributed by atoms with Crippen LogP contribution in [0, 0.1) is 0 Å². The molecule has 4 N–H and O–H groups in total. The first-order valence-corrected chi connectivity index (χ1v) is 27.7. The maximum absolute atomic E-state index is 13.4. The molecular formula is C56H68Cl4N6O12. The monoisotopic (exact) mass is 1160 g/mol. The molecule has 0 radical (unpaired) electrons. The minimum absolute atomic E-state index is 0.0240. The first-order valence-electron chi connectivity index (χ1n) is 26.2. The van der Waals surface area contributed by atoms with Gasteiger partial charge in [-0.25, -0.2) is 0 Å². The number of amides is 4. The molecule has 4 aromatic rings. The lowest BCUT2D eigenvalue weighted by atomic mass is 9.84. The lowest BCUT2D eigenvalue weighted by Gasteiger charge is -2.33. The van der Waals surface area contributed by atoms with Crippen LogP contribution in [0.1, 0.15) is 77.1 Å². The third-order valence-electron chi connectivity index (χ3n) is 14.2. The molecule has 0 spiro atoms. The molecule has 0 aliphatic carbocycles. The number of carbonyl (C=O) groups excluding carboxylic acids is 4. The number of halogens is 4. The minimum Gasteiger partial charge on any atom is -0.380 e. The number of aliphatic hydroxyl groups is 2. The van der Waals surface area contributed by atoms with Gasteiger partial charge in [0.15, 0.2) is 12.2 Å². The third kappa shape index (κ3) is 15.5. The highest BCUT2D eigenvalue weighted by molar-refractivity contribution is 6.35. The number of nitrogens with zero attached hydrogens (tertiary/aromatic N) is 4. The van der Waals surface area contributed by atoms with Crippen molar-refractivity contribution in [2.75, 3.05) is 133 Å². The van der Waals surface area contributed by atoms with Crippen LogP contribution in [0.5, 0.6) is 0 Å². The van der Waals surface area contributed by atoms with Gasteiger partial charge >= 0.3 is 0 Å². The van der Waals surface area contributed by atoms with Crippen molar-refractivity contribution in [2.45, 2.75) is 50.2 Å². The van der Waals surface area contributed by atoms with Crippen molar-refractivity contribution < 1.29 is 57.8 Å². The Balaban J connectivity index is 0.588. The highest BCUT2D eigenvalue weighted by Gasteiger charge is 2.34. The molecule has 0 fully saturated rings. The second kappa shape index (κ2) is 28.8. The Morgan fingerprint density at radius 2 is 0.885 bits per heavy atom. The lowest BCUT2D eigenvalue weighted by molar-refractivity contribution is -0.146. The van der Waals surface area contributed by atoms with E-state index in [1.165, 1.54) is 0 Å². The largest absolute Gasteiger partial charge is 0.380 e. The van der Waals surface area contributed by atoms with Gasteiger partial charge in [-0.1, -0.05) is 70.7 Å². The summed E-state index contributed by atoms with van der Waals surface area (Å²) in [7, 11) is 4.12. The van der Waals surface area contributed by atoms with Gasteiger partial charge in [-0.3, -0.25) is 19.2 Å². The number of nitrogens with one attached hydrogen (secondary N) is 2. The summed E-state index contributed by atoms with van der Waals surface area (Å²) in [4.78, 5) is 59.4. The Morgan fingerprint density at radius 1 is 0.526 bits per heavy atom. The van der Waals surface area contributed by atoms with Gasteiger partial charge in [-0.2, -0.15) is 0 Å². The topological polar surface area (TPSA) is 201 Å². The summed E-state index contributed by atoms with van der Waals surface area (Å²) in [5.74, 6) is -1.82. The van der Waals surface area contributed by atoms with E-state index >= 15 is 0 Å². The van der Waals surface area contributed by atoms with Crippen molar-refractivity contribution in [3.8, 4) is 0 Å². The van der Waals surface area contributed by atoms with Crippen LogP contribution in [-0.4, -0.2) is 198 Å². The highest BCUT2D eigenvalue weighted by Crippen LogP contribution is 2.41. The molecule has 78 heavy (non-hydrogen) atoms. The first kappa shape index (κ1) is 59.6. The summed E-state index contributed by atoms with van der Waals surface area (Å²) in [5, 5.41) is 27.8. The predicted molar refractivity (Wildman–Crippen MR) is 295 cm³/mol. The fourth-order valence-corrected chi connectivity index (χ4v) is 11.4. The second-order valence-electron chi connectivity index (χ2n) is 19.8. The SMILES string of the molecule is CN1Cc2c(Cl)cc(Cl)cc2C(c2ccc3c(c2)C(=O)N(CCOCCOCCOCCNC(=O)C(O)C(O)C(=O)NCCOCCOCCOCCN2Cc4ccc(C5CN(C)Cc6c(Cl)cc(Cl)cc65)cc4C2=O)C3)C1. The summed E-state index contributed by atoms with van der Waals surface area (Å²) in [6, 6.07) is 19.8. The quantitative estimate of drug-likeness (QED) is 0.0523. The zero-order valence-corrected chi connectivity index (χ0v) is 46.9. The summed E-state index contributed by atoms with van der Waals surface area (Å²) < 4.78 is 33.5. The molecule has 422 valence electrons. The van der Waals surface area contributed by atoms with Gasteiger partial charge in [-0.15, -0.1) is 0 Å². The van der Waals surface area contributed by atoms with Crippen LogP contribution in [0.3, 0.4) is 0 Å².